The molecule has 5 N–H and O–H groups in total. The van der Waals surface area contributed by atoms with Gasteiger partial charge in [0, 0.05) is 11.3 Å². The molecular formula is C13H15N3O2S. The standard InChI is InChI=1S/C13H15N3O2S/c1-2-5-9(14)13(18)16-10-6-3-4-7-11(10)19-8-12(15)17/h1,3-4,6-7,9H,5,8,14H2,(H2,15,17)(H,16,18). The Morgan fingerprint density at radius 3 is 2.74 bits per heavy atom. The maximum Gasteiger partial charge on any atom is 0.242 e. The number of para-hydroxylation sites is 1. The molecule has 5 nitrogen and oxygen atoms in total. The SMILES string of the molecule is C#CCC(N)C(=O)Nc1ccccc1SCC(N)=O. The third kappa shape index (κ3) is 5.04. The molecular weight excluding hydrogens is 262 g/mol. The number of benzene rings is 1. The molecule has 1 rings (SSSR count). The van der Waals surface area contributed by atoms with Crippen molar-refractivity contribution in [2.24, 2.45) is 11.5 Å². The second-order valence-corrected chi connectivity index (χ2v) is 4.77. The van der Waals surface area contributed by atoms with E-state index >= 15 is 0 Å². The molecule has 0 fully saturated rings. The van der Waals surface area contributed by atoms with Crippen molar-refractivity contribution in [3.05, 3.63) is 24.3 Å². The first kappa shape index (κ1) is 15.1. The number of thioether (sulfide) groups is 1. The monoisotopic (exact) mass is 277 g/mol. The molecule has 2 amide bonds. The highest BCUT2D eigenvalue weighted by molar-refractivity contribution is 8.00. The number of nitrogens with one attached hydrogen (secondary N) is 1. The van der Waals surface area contributed by atoms with Crippen LogP contribution in [-0.4, -0.2) is 23.6 Å². The van der Waals surface area contributed by atoms with Crippen molar-refractivity contribution in [3.8, 4) is 12.3 Å². The van der Waals surface area contributed by atoms with Gasteiger partial charge in [-0.2, -0.15) is 0 Å². The van der Waals surface area contributed by atoms with Crippen LogP contribution in [0.1, 0.15) is 6.42 Å². The summed E-state index contributed by atoms with van der Waals surface area (Å²) in [7, 11) is 0. The molecule has 1 atom stereocenters. The molecule has 0 radical (unpaired) electrons. The van der Waals surface area contributed by atoms with Crippen LogP contribution >= 0.6 is 11.8 Å². The largest absolute Gasteiger partial charge is 0.369 e. The van der Waals surface area contributed by atoms with Gasteiger partial charge in [-0.25, -0.2) is 0 Å². The number of nitrogens with two attached hydrogens (primary N) is 2. The van der Waals surface area contributed by atoms with E-state index in [0.717, 1.165) is 4.90 Å². The van der Waals surface area contributed by atoms with E-state index in [0.29, 0.717) is 5.69 Å². The highest BCUT2D eigenvalue weighted by Crippen LogP contribution is 2.26. The van der Waals surface area contributed by atoms with E-state index in [-0.39, 0.29) is 18.1 Å². The van der Waals surface area contributed by atoms with Gasteiger partial charge in [-0.15, -0.1) is 24.1 Å². The van der Waals surface area contributed by atoms with E-state index in [9.17, 15) is 9.59 Å². The van der Waals surface area contributed by atoms with Crippen LogP contribution in [0.3, 0.4) is 0 Å². The minimum Gasteiger partial charge on any atom is -0.369 e. The molecule has 0 aromatic heterocycles. The molecule has 100 valence electrons. The maximum absolute atomic E-state index is 11.8. The van der Waals surface area contributed by atoms with Gasteiger partial charge in [0.05, 0.1) is 17.5 Å². The number of carbonyl (C=O) groups is 2. The van der Waals surface area contributed by atoms with Crippen molar-refractivity contribution in [3.63, 3.8) is 0 Å². The van der Waals surface area contributed by atoms with Crippen LogP contribution in [0.4, 0.5) is 5.69 Å². The number of hydrogen-bond donors (Lipinski definition) is 3. The zero-order chi connectivity index (χ0) is 14.3. The Labute approximate surface area is 116 Å². The quantitative estimate of drug-likeness (QED) is 0.522. The van der Waals surface area contributed by atoms with Crippen LogP contribution in [-0.2, 0) is 9.59 Å². The molecule has 1 aromatic rings. The van der Waals surface area contributed by atoms with Gasteiger partial charge in [-0.1, -0.05) is 12.1 Å². The summed E-state index contributed by atoms with van der Waals surface area (Å²) >= 11 is 1.25. The predicted molar refractivity (Wildman–Crippen MR) is 76.4 cm³/mol. The highest BCUT2D eigenvalue weighted by atomic mass is 32.2. The summed E-state index contributed by atoms with van der Waals surface area (Å²) in [5.74, 6) is 1.70. The summed E-state index contributed by atoms with van der Waals surface area (Å²) in [6.45, 7) is 0. The first-order valence-corrected chi connectivity index (χ1v) is 6.53. The van der Waals surface area contributed by atoms with Gasteiger partial charge >= 0.3 is 0 Å². The molecule has 0 saturated heterocycles. The molecule has 1 aromatic carbocycles. The maximum atomic E-state index is 11.8. The van der Waals surface area contributed by atoms with E-state index < -0.39 is 11.9 Å². The molecule has 0 aliphatic rings. The fourth-order valence-corrected chi connectivity index (χ4v) is 2.04. The van der Waals surface area contributed by atoms with Crippen LogP contribution in [0, 0.1) is 12.3 Å². The van der Waals surface area contributed by atoms with Crippen LogP contribution in [0.25, 0.3) is 0 Å². The Morgan fingerprint density at radius 1 is 1.42 bits per heavy atom. The zero-order valence-corrected chi connectivity index (χ0v) is 11.1. The predicted octanol–water partition coefficient (Wildman–Crippen LogP) is 0.553. The molecule has 19 heavy (non-hydrogen) atoms. The lowest BCUT2D eigenvalue weighted by molar-refractivity contribution is -0.117. The molecule has 0 spiro atoms. The van der Waals surface area contributed by atoms with Crippen molar-refractivity contribution in [1.82, 2.24) is 0 Å². The summed E-state index contributed by atoms with van der Waals surface area (Å²) in [5.41, 5.74) is 11.3. The van der Waals surface area contributed by atoms with Crippen LogP contribution in [0.15, 0.2) is 29.2 Å². The summed E-state index contributed by atoms with van der Waals surface area (Å²) in [6.07, 6.45) is 5.28. The van der Waals surface area contributed by atoms with Crippen molar-refractivity contribution in [1.29, 1.82) is 0 Å². The molecule has 0 bridgehead atoms. The van der Waals surface area contributed by atoms with Crippen LogP contribution in [0.2, 0.25) is 0 Å². The summed E-state index contributed by atoms with van der Waals surface area (Å²) in [6, 6.07) is 6.34. The lowest BCUT2D eigenvalue weighted by Crippen LogP contribution is -2.35. The van der Waals surface area contributed by atoms with E-state index in [4.69, 9.17) is 17.9 Å². The second-order valence-electron chi connectivity index (χ2n) is 3.76. The topological polar surface area (TPSA) is 98.2 Å². The van der Waals surface area contributed by atoms with Gasteiger partial charge in [-0.05, 0) is 12.1 Å². The molecule has 6 heteroatoms. The molecule has 0 heterocycles. The number of hydrogen-bond acceptors (Lipinski definition) is 4. The van der Waals surface area contributed by atoms with Gasteiger partial charge in [0.2, 0.25) is 11.8 Å². The molecule has 0 aliphatic heterocycles. The van der Waals surface area contributed by atoms with E-state index in [2.05, 4.69) is 11.2 Å². The van der Waals surface area contributed by atoms with Gasteiger partial charge < -0.3 is 16.8 Å². The molecule has 0 aliphatic carbocycles. The average molecular weight is 277 g/mol. The summed E-state index contributed by atoms with van der Waals surface area (Å²) in [5, 5.41) is 2.69. The Balaban J connectivity index is 2.75. The minimum atomic E-state index is -0.751. The number of amides is 2. The Bertz CT molecular complexity index is 511. The van der Waals surface area contributed by atoms with E-state index in [1.165, 1.54) is 11.8 Å². The van der Waals surface area contributed by atoms with Gasteiger partial charge in [0.15, 0.2) is 0 Å². The smallest absolute Gasteiger partial charge is 0.242 e. The van der Waals surface area contributed by atoms with Crippen LogP contribution < -0.4 is 16.8 Å². The minimum absolute atomic E-state index is 0.142. The van der Waals surface area contributed by atoms with E-state index in [1.807, 2.05) is 0 Å². The van der Waals surface area contributed by atoms with Crippen LogP contribution in [0.5, 0.6) is 0 Å². The number of primary amides is 1. The first-order chi connectivity index (χ1) is 9.04. The Morgan fingerprint density at radius 2 is 2.11 bits per heavy atom. The van der Waals surface area contributed by atoms with E-state index in [1.54, 1.807) is 24.3 Å². The Kier molecular flexibility index (Phi) is 5.93. The number of carbonyl (C=O) groups excluding carboxylic acids is 2. The summed E-state index contributed by atoms with van der Waals surface area (Å²) < 4.78 is 0. The average Bonchev–Trinajstić information content (AvgIpc) is 2.37. The van der Waals surface area contributed by atoms with Crippen molar-refractivity contribution in [2.75, 3.05) is 11.1 Å². The lowest BCUT2D eigenvalue weighted by atomic mass is 10.2. The third-order valence-electron chi connectivity index (χ3n) is 2.19. The van der Waals surface area contributed by atoms with Crippen molar-refractivity contribution >= 4 is 29.3 Å². The fourth-order valence-electron chi connectivity index (χ4n) is 1.29. The number of terminal acetylenes is 1. The molecule has 1 unspecified atom stereocenters. The van der Waals surface area contributed by atoms with Crippen molar-refractivity contribution in [2.45, 2.75) is 17.4 Å². The lowest BCUT2D eigenvalue weighted by Gasteiger charge is -2.12. The number of anilines is 1. The van der Waals surface area contributed by atoms with Crippen molar-refractivity contribution < 1.29 is 9.59 Å². The molecule has 0 saturated carbocycles. The normalized spacial score (nSPS) is 11.4. The third-order valence-corrected chi connectivity index (χ3v) is 3.29. The van der Waals surface area contributed by atoms with Gasteiger partial charge in [0.1, 0.15) is 0 Å². The first-order valence-electron chi connectivity index (χ1n) is 5.54. The zero-order valence-electron chi connectivity index (χ0n) is 10.3. The Hall–Kier alpha value is -1.97. The van der Waals surface area contributed by atoms with Gasteiger partial charge in [-0.3, -0.25) is 9.59 Å². The summed E-state index contributed by atoms with van der Waals surface area (Å²) in [4.78, 5) is 23.3. The highest BCUT2D eigenvalue weighted by Gasteiger charge is 2.14. The van der Waals surface area contributed by atoms with Gasteiger partial charge in [0.25, 0.3) is 0 Å². The fraction of sp³-hybridized carbons (Fsp3) is 0.231. The second kappa shape index (κ2) is 7.46. The number of rotatable bonds is 6.